The van der Waals surface area contributed by atoms with Crippen LogP contribution in [0, 0.1) is 32.6 Å². The van der Waals surface area contributed by atoms with Gasteiger partial charge in [-0.2, -0.15) is 0 Å². The summed E-state index contributed by atoms with van der Waals surface area (Å²) < 4.78 is 2.58. The number of benzene rings is 8. The molecule has 284 valence electrons. The van der Waals surface area contributed by atoms with E-state index < -0.39 is 0 Å². The van der Waals surface area contributed by atoms with Crippen molar-refractivity contribution in [1.29, 1.82) is 0 Å². The number of rotatable bonds is 2. The molecule has 8 aromatic carbocycles. The molecule has 1 nitrogen and oxygen atoms in total. The first kappa shape index (κ1) is 34.0. The van der Waals surface area contributed by atoms with Gasteiger partial charge in [-0.3, -0.25) is 0 Å². The van der Waals surface area contributed by atoms with E-state index in [1.807, 2.05) is 0 Å². The van der Waals surface area contributed by atoms with Gasteiger partial charge in [0, 0.05) is 33.0 Å². The fourth-order valence-corrected chi connectivity index (χ4v) is 11.6. The zero-order valence-corrected chi connectivity index (χ0v) is 34.8. The third-order valence-electron chi connectivity index (χ3n) is 14.9. The minimum absolute atomic E-state index is 0.997. The Labute approximate surface area is 350 Å². The lowest BCUT2D eigenvalue weighted by Gasteiger charge is -2.25. The lowest BCUT2D eigenvalue weighted by Crippen LogP contribution is -2.06. The van der Waals surface area contributed by atoms with Crippen molar-refractivity contribution < 1.29 is 0 Å². The highest BCUT2D eigenvalue weighted by Gasteiger charge is 2.25. The molecule has 13 rings (SSSR count). The molecule has 0 unspecified atom stereocenters. The summed E-state index contributed by atoms with van der Waals surface area (Å²) in [4.78, 5) is 0. The van der Waals surface area contributed by atoms with E-state index in [1.54, 1.807) is 0 Å². The monoisotopic (exact) mass is 765 g/mol. The van der Waals surface area contributed by atoms with Crippen LogP contribution in [0.5, 0.6) is 0 Å². The molecule has 1 aromatic heterocycles. The van der Waals surface area contributed by atoms with Crippen LogP contribution < -0.4 is 0 Å². The fourth-order valence-electron chi connectivity index (χ4n) is 11.6. The van der Waals surface area contributed by atoms with Gasteiger partial charge in [0.05, 0.1) is 11.2 Å². The SMILES string of the molecule is C/C(C#Cc1ccc2c3c4c(ccc13)C=CCC4=CC2)=C(\C)c1cc2ccc3c4c(ccc(c1C)c24)cc1c(C)c(C)n(-c2ccc4c5c6c(ccc25)C=CCC6=CC4)c13. The van der Waals surface area contributed by atoms with Crippen LogP contribution in [0.4, 0.5) is 0 Å². The Kier molecular flexibility index (Phi) is 6.86. The zero-order chi connectivity index (χ0) is 40.1. The first-order valence-electron chi connectivity index (χ1n) is 21.7. The van der Waals surface area contributed by atoms with E-state index in [2.05, 4.69) is 172 Å². The first-order chi connectivity index (χ1) is 29.3. The van der Waals surface area contributed by atoms with Crippen molar-refractivity contribution in [3.05, 3.63) is 176 Å². The van der Waals surface area contributed by atoms with Gasteiger partial charge in [-0.1, -0.05) is 109 Å². The van der Waals surface area contributed by atoms with E-state index in [9.17, 15) is 0 Å². The quantitative estimate of drug-likeness (QED) is 0.122. The maximum Gasteiger partial charge on any atom is 0.0613 e. The average molecular weight is 766 g/mol. The third kappa shape index (κ3) is 4.44. The summed E-state index contributed by atoms with van der Waals surface area (Å²) in [7, 11) is 0. The van der Waals surface area contributed by atoms with Crippen molar-refractivity contribution in [3.63, 3.8) is 0 Å². The van der Waals surface area contributed by atoms with Gasteiger partial charge in [0.15, 0.2) is 0 Å². The highest BCUT2D eigenvalue weighted by atomic mass is 15.0. The second-order valence-electron chi connectivity index (χ2n) is 17.8. The molecular formula is C59H43N. The average Bonchev–Trinajstić information content (AvgIpc) is 3.53. The molecule has 0 saturated heterocycles. The minimum atomic E-state index is 0.997. The van der Waals surface area contributed by atoms with Gasteiger partial charge >= 0.3 is 0 Å². The van der Waals surface area contributed by atoms with Gasteiger partial charge < -0.3 is 4.57 Å². The fraction of sp³-hybridized carbons (Fsp3) is 0.153. The second-order valence-corrected chi connectivity index (χ2v) is 17.8. The molecule has 0 N–H and O–H groups in total. The van der Waals surface area contributed by atoms with Crippen LogP contribution in [-0.2, 0) is 12.8 Å². The summed E-state index contributed by atoms with van der Waals surface area (Å²) in [6.45, 7) is 11.4. The number of hydrogen-bond acceptors (Lipinski definition) is 0. The topological polar surface area (TPSA) is 4.93 Å². The van der Waals surface area contributed by atoms with E-state index >= 15 is 0 Å². The van der Waals surface area contributed by atoms with Crippen LogP contribution in [0.2, 0.25) is 0 Å². The van der Waals surface area contributed by atoms with Gasteiger partial charge in [-0.15, -0.1) is 0 Å². The van der Waals surface area contributed by atoms with Crippen molar-refractivity contribution in [1.82, 2.24) is 4.57 Å². The minimum Gasteiger partial charge on any atom is -0.312 e. The summed E-state index contributed by atoms with van der Waals surface area (Å²) in [5, 5.41) is 14.7. The summed E-state index contributed by atoms with van der Waals surface area (Å²) in [6.07, 6.45) is 18.1. The molecule has 4 aliphatic rings. The normalized spacial score (nSPS) is 15.3. The van der Waals surface area contributed by atoms with Crippen molar-refractivity contribution >= 4 is 93.6 Å². The van der Waals surface area contributed by atoms with Crippen molar-refractivity contribution in [2.75, 3.05) is 0 Å². The predicted molar refractivity (Wildman–Crippen MR) is 258 cm³/mol. The second kappa shape index (κ2) is 12.1. The molecule has 0 atom stereocenters. The Bertz CT molecular complexity index is 3740. The summed E-state index contributed by atoms with van der Waals surface area (Å²) >= 11 is 0. The maximum absolute atomic E-state index is 3.64. The summed E-state index contributed by atoms with van der Waals surface area (Å²) in [5.41, 5.74) is 22.6. The molecule has 4 aliphatic carbocycles. The highest BCUT2D eigenvalue weighted by Crippen LogP contribution is 2.47. The largest absolute Gasteiger partial charge is 0.312 e. The lowest BCUT2D eigenvalue weighted by atomic mass is 9.80. The molecule has 0 saturated carbocycles. The van der Waals surface area contributed by atoms with Crippen LogP contribution in [-0.4, -0.2) is 4.57 Å². The number of aryl methyl sites for hydroxylation is 2. The van der Waals surface area contributed by atoms with E-state index in [0.717, 1.165) is 36.8 Å². The van der Waals surface area contributed by atoms with Crippen molar-refractivity contribution in [2.45, 2.75) is 60.3 Å². The number of hydrogen-bond donors (Lipinski definition) is 0. The van der Waals surface area contributed by atoms with Crippen LogP contribution >= 0.6 is 0 Å². The van der Waals surface area contributed by atoms with E-state index in [4.69, 9.17) is 0 Å². The molecule has 1 heterocycles. The van der Waals surface area contributed by atoms with E-state index in [-0.39, 0.29) is 0 Å². The van der Waals surface area contributed by atoms with Crippen LogP contribution in [0.25, 0.3) is 99.3 Å². The molecular weight excluding hydrogens is 723 g/mol. The van der Waals surface area contributed by atoms with Gasteiger partial charge in [0.25, 0.3) is 0 Å². The molecule has 0 amide bonds. The Morgan fingerprint density at radius 1 is 0.550 bits per heavy atom. The number of nitrogens with zero attached hydrogens (tertiary/aromatic N) is 1. The Hall–Kier alpha value is -6.88. The predicted octanol–water partition coefficient (Wildman–Crippen LogP) is 15.3. The van der Waals surface area contributed by atoms with E-state index in [0.29, 0.717) is 0 Å². The molecule has 0 spiro atoms. The molecule has 60 heavy (non-hydrogen) atoms. The Morgan fingerprint density at radius 2 is 1.17 bits per heavy atom. The van der Waals surface area contributed by atoms with Crippen LogP contribution in [0.15, 0.2) is 115 Å². The first-order valence-corrected chi connectivity index (χ1v) is 21.7. The molecule has 0 aliphatic heterocycles. The van der Waals surface area contributed by atoms with Gasteiger partial charge in [-0.05, 0) is 194 Å². The standard InChI is InChI=1S/C59H43N/c1-32(12-13-37-14-15-42-18-16-38-8-6-10-40-20-26-47(37)55(42)53(38)40)33(2)50-30-44-23-28-49-58-45(22-25-46(35(50)4)57(44)58)31-51-34(3)36(5)60(59(49)51)52-29-24-43-19-17-39-9-7-11-41-21-27-48(52)56(43)54(39)41/h6-7,10-11,14-17,20-31H,8-9,18-19H2,1-5H3/b33-32-. The lowest BCUT2D eigenvalue weighted by molar-refractivity contribution is 1.05. The Balaban J connectivity index is 0.978. The maximum atomic E-state index is 3.64. The molecule has 0 bridgehead atoms. The van der Waals surface area contributed by atoms with Gasteiger partial charge in [0.1, 0.15) is 0 Å². The Morgan fingerprint density at radius 3 is 1.90 bits per heavy atom. The van der Waals surface area contributed by atoms with E-state index in [1.165, 1.54) is 143 Å². The third-order valence-corrected chi connectivity index (χ3v) is 14.9. The highest BCUT2D eigenvalue weighted by molar-refractivity contribution is 6.30. The van der Waals surface area contributed by atoms with Crippen molar-refractivity contribution in [2.24, 2.45) is 0 Å². The molecule has 9 aromatic rings. The van der Waals surface area contributed by atoms with Crippen molar-refractivity contribution in [3.8, 4) is 17.5 Å². The van der Waals surface area contributed by atoms with Gasteiger partial charge in [0.2, 0.25) is 0 Å². The van der Waals surface area contributed by atoms with Crippen LogP contribution in [0.1, 0.15) is 88.0 Å². The smallest absolute Gasteiger partial charge is 0.0613 e. The summed E-state index contributed by atoms with van der Waals surface area (Å²) in [5.74, 6) is 7.27. The molecule has 1 heteroatoms. The van der Waals surface area contributed by atoms with Crippen LogP contribution in [0.3, 0.4) is 0 Å². The van der Waals surface area contributed by atoms with Gasteiger partial charge in [-0.25, -0.2) is 0 Å². The molecule has 0 radical (unpaired) electrons. The number of aromatic nitrogens is 1. The molecule has 0 fully saturated rings. The number of fused-ring (bicyclic) bond motifs is 2. The summed E-state index contributed by atoms with van der Waals surface area (Å²) in [6, 6.07) is 33.0. The number of allylic oxidation sites excluding steroid dienone is 8. The zero-order valence-electron chi connectivity index (χ0n) is 34.8.